The molecule has 1 aliphatic rings. The van der Waals surface area contributed by atoms with Gasteiger partial charge in [0.25, 0.3) is 0 Å². The molecule has 96 valence electrons. The number of nitrogens with zero attached hydrogens (tertiary/aromatic N) is 1. The summed E-state index contributed by atoms with van der Waals surface area (Å²) in [6.07, 6.45) is 0. The van der Waals surface area contributed by atoms with Crippen LogP contribution in [0, 0.1) is 0 Å². The second-order valence-corrected chi connectivity index (χ2v) is 4.91. The number of hydrogen-bond acceptors (Lipinski definition) is 4. The molecule has 0 saturated heterocycles. The number of nitrogens with two attached hydrogens (primary N) is 1. The van der Waals surface area contributed by atoms with Crippen LogP contribution in [-0.4, -0.2) is 30.4 Å². The Balaban J connectivity index is 2.06. The molecule has 1 heterocycles. The molecule has 0 unspecified atom stereocenters. The van der Waals surface area contributed by atoms with Gasteiger partial charge in [0.05, 0.1) is 12.1 Å². The van der Waals surface area contributed by atoms with Gasteiger partial charge in [-0.2, -0.15) is 0 Å². The highest BCUT2D eigenvalue weighted by Gasteiger charge is 2.21. The SMILES string of the molecule is CC(C)(N)C(=O)Nc1ccc(C2=NCCN2)cc1. The molecule has 1 aromatic rings. The Morgan fingerprint density at radius 2 is 2.06 bits per heavy atom. The Morgan fingerprint density at radius 3 is 2.56 bits per heavy atom. The minimum Gasteiger partial charge on any atom is -0.368 e. The summed E-state index contributed by atoms with van der Waals surface area (Å²) < 4.78 is 0. The fourth-order valence-corrected chi connectivity index (χ4v) is 1.59. The third-order valence-electron chi connectivity index (χ3n) is 2.68. The van der Waals surface area contributed by atoms with Crippen molar-refractivity contribution in [3.05, 3.63) is 29.8 Å². The first-order chi connectivity index (χ1) is 8.47. The zero-order valence-corrected chi connectivity index (χ0v) is 10.7. The molecule has 18 heavy (non-hydrogen) atoms. The van der Waals surface area contributed by atoms with Gasteiger partial charge in [-0.15, -0.1) is 0 Å². The standard InChI is InChI=1S/C13H18N4O/c1-13(2,14)12(18)17-10-5-3-9(4-6-10)11-15-7-8-16-11/h3-6H,7-8,14H2,1-2H3,(H,15,16)(H,17,18). The largest absolute Gasteiger partial charge is 0.368 e. The summed E-state index contributed by atoms with van der Waals surface area (Å²) in [4.78, 5) is 16.0. The number of aliphatic imine (C=N–C) groups is 1. The quantitative estimate of drug-likeness (QED) is 0.735. The molecular formula is C13H18N4O. The summed E-state index contributed by atoms with van der Waals surface area (Å²) in [6.45, 7) is 5.05. The molecule has 0 saturated carbocycles. The Kier molecular flexibility index (Phi) is 3.34. The van der Waals surface area contributed by atoms with Crippen LogP contribution >= 0.6 is 0 Å². The van der Waals surface area contributed by atoms with E-state index in [1.807, 2.05) is 24.3 Å². The van der Waals surface area contributed by atoms with Crippen LogP contribution in [0.3, 0.4) is 0 Å². The maximum atomic E-state index is 11.7. The van der Waals surface area contributed by atoms with Gasteiger partial charge in [-0.1, -0.05) is 0 Å². The molecule has 0 atom stereocenters. The number of rotatable bonds is 3. The predicted molar refractivity (Wildman–Crippen MR) is 72.7 cm³/mol. The van der Waals surface area contributed by atoms with Gasteiger partial charge in [0.2, 0.25) is 5.91 Å². The maximum absolute atomic E-state index is 11.7. The Labute approximate surface area is 106 Å². The van der Waals surface area contributed by atoms with E-state index >= 15 is 0 Å². The van der Waals surface area contributed by atoms with Crippen LogP contribution in [0.25, 0.3) is 0 Å². The normalized spacial score (nSPS) is 14.9. The van der Waals surface area contributed by atoms with E-state index in [1.54, 1.807) is 13.8 Å². The lowest BCUT2D eigenvalue weighted by Gasteiger charge is -2.17. The fourth-order valence-electron chi connectivity index (χ4n) is 1.59. The number of hydrogen-bond donors (Lipinski definition) is 3. The highest BCUT2D eigenvalue weighted by molar-refractivity contribution is 6.01. The number of anilines is 1. The van der Waals surface area contributed by atoms with Gasteiger partial charge >= 0.3 is 0 Å². The lowest BCUT2D eigenvalue weighted by molar-refractivity contribution is -0.120. The lowest BCUT2D eigenvalue weighted by atomic mass is 10.1. The van der Waals surface area contributed by atoms with Crippen molar-refractivity contribution in [2.24, 2.45) is 10.7 Å². The van der Waals surface area contributed by atoms with Crippen LogP contribution in [0.2, 0.25) is 0 Å². The molecule has 2 rings (SSSR count). The number of carbonyl (C=O) groups excluding carboxylic acids is 1. The van der Waals surface area contributed by atoms with Crippen LogP contribution in [0.5, 0.6) is 0 Å². The van der Waals surface area contributed by atoms with Crippen LogP contribution in [-0.2, 0) is 4.79 Å². The Bertz CT molecular complexity index is 471. The molecule has 5 nitrogen and oxygen atoms in total. The molecule has 4 N–H and O–H groups in total. The van der Waals surface area contributed by atoms with Crippen LogP contribution in [0.4, 0.5) is 5.69 Å². The summed E-state index contributed by atoms with van der Waals surface area (Å²) in [5.74, 6) is 0.707. The van der Waals surface area contributed by atoms with Gasteiger partial charge in [-0.3, -0.25) is 9.79 Å². The Morgan fingerprint density at radius 1 is 1.39 bits per heavy atom. The average Bonchev–Trinajstić information content (AvgIpc) is 2.82. The van der Waals surface area contributed by atoms with E-state index in [0.717, 1.165) is 30.2 Å². The molecule has 0 spiro atoms. The van der Waals surface area contributed by atoms with Gasteiger partial charge in [0, 0.05) is 17.8 Å². The van der Waals surface area contributed by atoms with Crippen LogP contribution in [0.1, 0.15) is 19.4 Å². The van der Waals surface area contributed by atoms with Crippen molar-refractivity contribution in [2.75, 3.05) is 18.4 Å². The third kappa shape index (κ3) is 2.87. The van der Waals surface area contributed by atoms with Gasteiger partial charge in [-0.25, -0.2) is 0 Å². The molecule has 1 aromatic carbocycles. The highest BCUT2D eigenvalue weighted by Crippen LogP contribution is 2.12. The first kappa shape index (κ1) is 12.6. The molecule has 1 amide bonds. The second kappa shape index (κ2) is 4.78. The number of amidine groups is 1. The zero-order valence-electron chi connectivity index (χ0n) is 10.7. The van der Waals surface area contributed by atoms with Gasteiger partial charge in [0.15, 0.2) is 0 Å². The third-order valence-corrected chi connectivity index (χ3v) is 2.68. The van der Waals surface area contributed by atoms with E-state index < -0.39 is 5.54 Å². The van der Waals surface area contributed by atoms with Crippen molar-refractivity contribution in [1.82, 2.24) is 5.32 Å². The maximum Gasteiger partial charge on any atom is 0.243 e. The molecule has 5 heteroatoms. The van der Waals surface area contributed by atoms with E-state index in [2.05, 4.69) is 15.6 Å². The first-order valence-corrected chi connectivity index (χ1v) is 5.96. The zero-order chi connectivity index (χ0) is 13.2. The van der Waals surface area contributed by atoms with E-state index in [9.17, 15) is 4.79 Å². The van der Waals surface area contributed by atoms with Crippen LogP contribution in [0.15, 0.2) is 29.3 Å². The van der Waals surface area contributed by atoms with Crippen molar-refractivity contribution < 1.29 is 4.79 Å². The molecule has 0 aliphatic carbocycles. The monoisotopic (exact) mass is 246 g/mol. The van der Waals surface area contributed by atoms with Gasteiger partial charge in [0.1, 0.15) is 5.84 Å². The van der Waals surface area contributed by atoms with Crippen molar-refractivity contribution in [1.29, 1.82) is 0 Å². The molecule has 0 radical (unpaired) electrons. The first-order valence-electron chi connectivity index (χ1n) is 5.96. The summed E-state index contributed by atoms with van der Waals surface area (Å²) in [7, 11) is 0. The average molecular weight is 246 g/mol. The molecule has 0 bridgehead atoms. The smallest absolute Gasteiger partial charge is 0.243 e. The summed E-state index contributed by atoms with van der Waals surface area (Å²) in [6, 6.07) is 7.55. The van der Waals surface area contributed by atoms with Crippen LogP contribution < -0.4 is 16.4 Å². The molecular weight excluding hydrogens is 228 g/mol. The van der Waals surface area contributed by atoms with E-state index in [1.165, 1.54) is 0 Å². The van der Waals surface area contributed by atoms with Crippen molar-refractivity contribution in [3.63, 3.8) is 0 Å². The van der Waals surface area contributed by atoms with E-state index in [4.69, 9.17) is 5.73 Å². The highest BCUT2D eigenvalue weighted by atomic mass is 16.2. The number of benzene rings is 1. The molecule has 0 fully saturated rings. The number of amides is 1. The lowest BCUT2D eigenvalue weighted by Crippen LogP contribution is -2.45. The summed E-state index contributed by atoms with van der Waals surface area (Å²) in [5, 5.41) is 5.98. The molecule has 1 aliphatic heterocycles. The van der Waals surface area contributed by atoms with Gasteiger partial charge < -0.3 is 16.4 Å². The van der Waals surface area contributed by atoms with Crippen molar-refractivity contribution in [3.8, 4) is 0 Å². The van der Waals surface area contributed by atoms with Crippen molar-refractivity contribution in [2.45, 2.75) is 19.4 Å². The van der Waals surface area contributed by atoms with E-state index in [-0.39, 0.29) is 5.91 Å². The van der Waals surface area contributed by atoms with Crippen molar-refractivity contribution >= 4 is 17.4 Å². The second-order valence-electron chi connectivity index (χ2n) is 4.91. The molecule has 0 aromatic heterocycles. The van der Waals surface area contributed by atoms with Gasteiger partial charge in [-0.05, 0) is 38.1 Å². The summed E-state index contributed by atoms with van der Waals surface area (Å²) in [5.41, 5.74) is 6.60. The number of carbonyl (C=O) groups is 1. The predicted octanol–water partition coefficient (Wildman–Crippen LogP) is 0.712. The topological polar surface area (TPSA) is 79.5 Å². The number of nitrogens with one attached hydrogen (secondary N) is 2. The minimum absolute atomic E-state index is 0.202. The minimum atomic E-state index is -0.879. The fraction of sp³-hybridized carbons (Fsp3) is 0.385. The Hall–Kier alpha value is -1.88. The summed E-state index contributed by atoms with van der Waals surface area (Å²) >= 11 is 0. The van der Waals surface area contributed by atoms with E-state index in [0.29, 0.717) is 0 Å².